The molecule has 4 N–H and O–H groups in total. The highest BCUT2D eigenvalue weighted by atomic mass is 35.5. The first-order valence-electron chi connectivity index (χ1n) is 14.1. The maximum absolute atomic E-state index is 12.7. The molecule has 0 bridgehead atoms. The summed E-state index contributed by atoms with van der Waals surface area (Å²) >= 11 is 0. The van der Waals surface area contributed by atoms with Crippen molar-refractivity contribution < 1.29 is 9.59 Å². The smallest absolute Gasteiger partial charge is 0.255 e. The van der Waals surface area contributed by atoms with Crippen molar-refractivity contribution in [1.29, 1.82) is 0 Å². The second-order valence-corrected chi connectivity index (χ2v) is 10.1. The van der Waals surface area contributed by atoms with E-state index in [0.29, 0.717) is 11.1 Å². The third kappa shape index (κ3) is 8.91. The van der Waals surface area contributed by atoms with Crippen LogP contribution in [0.25, 0.3) is 0 Å². The summed E-state index contributed by atoms with van der Waals surface area (Å²) in [4.78, 5) is 34.5. The van der Waals surface area contributed by atoms with Crippen molar-refractivity contribution in [2.75, 3.05) is 36.8 Å². The molecular formula is C32H37ClN6O2. The number of amidine groups is 2. The third-order valence-corrected chi connectivity index (χ3v) is 7.07. The summed E-state index contributed by atoms with van der Waals surface area (Å²) in [5.41, 5.74) is 4.84. The van der Waals surface area contributed by atoms with Crippen molar-refractivity contribution in [3.8, 4) is 0 Å². The van der Waals surface area contributed by atoms with Crippen LogP contribution in [0, 0.1) is 0 Å². The molecule has 0 unspecified atom stereocenters. The lowest BCUT2D eigenvalue weighted by Gasteiger charge is -2.14. The van der Waals surface area contributed by atoms with Gasteiger partial charge in [-0.3, -0.25) is 19.6 Å². The normalized spacial score (nSPS) is 14.3. The van der Waals surface area contributed by atoms with Crippen molar-refractivity contribution in [1.82, 2.24) is 10.6 Å². The number of amides is 2. The minimum Gasteiger partial charge on any atom is -0.374 e. The molecule has 8 nitrogen and oxygen atoms in total. The molecule has 0 radical (unpaired) electrons. The van der Waals surface area contributed by atoms with E-state index >= 15 is 0 Å². The molecule has 9 heteroatoms. The molecule has 0 aliphatic carbocycles. The minimum atomic E-state index is -0.217. The van der Waals surface area contributed by atoms with E-state index in [9.17, 15) is 9.59 Å². The largest absolute Gasteiger partial charge is 0.374 e. The van der Waals surface area contributed by atoms with Crippen LogP contribution in [0.2, 0.25) is 0 Å². The van der Waals surface area contributed by atoms with Crippen molar-refractivity contribution in [3.05, 3.63) is 95.1 Å². The standard InChI is InChI=1S/C32H36N6O2.ClH/c39-31(37-27-13-3-23(4-14-27)7-17-29-33-19-1-20-34-29)25-9-11-26(12-10-25)32(40)38-28-15-5-24(6-16-28)8-18-30-35-21-2-22-36-30;/h3-6,9-16H,1-2,7-8,17-22H2,(H,33,34)(H,35,36)(H,37,39)(H,38,40);1H. The van der Waals surface area contributed by atoms with Crippen LogP contribution < -0.4 is 21.3 Å². The fraction of sp³-hybridized carbons (Fsp3) is 0.312. The molecule has 214 valence electrons. The molecule has 2 aliphatic rings. The van der Waals surface area contributed by atoms with Crippen molar-refractivity contribution >= 4 is 47.3 Å². The quantitative estimate of drug-likeness (QED) is 0.266. The Bertz CT molecular complexity index is 1260. The summed E-state index contributed by atoms with van der Waals surface area (Å²) in [7, 11) is 0. The fourth-order valence-corrected chi connectivity index (χ4v) is 4.71. The Morgan fingerprint density at radius 2 is 0.976 bits per heavy atom. The van der Waals surface area contributed by atoms with Gasteiger partial charge in [-0.25, -0.2) is 0 Å². The number of rotatable bonds is 10. The summed E-state index contributed by atoms with van der Waals surface area (Å²) in [6.45, 7) is 3.81. The predicted octanol–water partition coefficient (Wildman–Crippen LogP) is 5.26. The number of carbonyl (C=O) groups excluding carboxylic acids is 2. The highest BCUT2D eigenvalue weighted by Gasteiger charge is 2.11. The summed E-state index contributed by atoms with van der Waals surface area (Å²) < 4.78 is 0. The summed E-state index contributed by atoms with van der Waals surface area (Å²) in [5, 5.41) is 12.6. The number of carbonyl (C=O) groups is 2. The second-order valence-electron chi connectivity index (χ2n) is 10.1. The van der Waals surface area contributed by atoms with Crippen LogP contribution >= 0.6 is 12.4 Å². The highest BCUT2D eigenvalue weighted by molar-refractivity contribution is 6.07. The molecule has 2 amide bonds. The van der Waals surface area contributed by atoms with E-state index in [4.69, 9.17) is 0 Å². The van der Waals surface area contributed by atoms with Gasteiger partial charge in [-0.05, 0) is 85.3 Å². The molecular weight excluding hydrogens is 536 g/mol. The lowest BCUT2D eigenvalue weighted by Crippen LogP contribution is -2.29. The van der Waals surface area contributed by atoms with Gasteiger partial charge in [-0.15, -0.1) is 12.4 Å². The number of aliphatic imine (C=N–C) groups is 2. The van der Waals surface area contributed by atoms with E-state index in [-0.39, 0.29) is 24.2 Å². The Balaban J connectivity index is 0.00000387. The van der Waals surface area contributed by atoms with Crippen LogP contribution in [0.4, 0.5) is 11.4 Å². The number of nitrogens with one attached hydrogen (secondary N) is 4. The molecule has 3 aromatic rings. The Morgan fingerprint density at radius 1 is 0.585 bits per heavy atom. The van der Waals surface area contributed by atoms with Gasteiger partial charge >= 0.3 is 0 Å². The maximum Gasteiger partial charge on any atom is 0.255 e. The average molecular weight is 573 g/mol. The molecule has 0 aromatic heterocycles. The first-order valence-corrected chi connectivity index (χ1v) is 14.1. The van der Waals surface area contributed by atoms with Crippen LogP contribution in [-0.2, 0) is 12.8 Å². The third-order valence-electron chi connectivity index (χ3n) is 7.07. The van der Waals surface area contributed by atoms with Crippen LogP contribution in [0.5, 0.6) is 0 Å². The van der Waals surface area contributed by atoms with Gasteiger partial charge in [-0.1, -0.05) is 24.3 Å². The Kier molecular flexibility index (Phi) is 10.9. The van der Waals surface area contributed by atoms with Gasteiger partial charge in [0.2, 0.25) is 0 Å². The fourth-order valence-electron chi connectivity index (χ4n) is 4.71. The Hall–Kier alpha value is -4.17. The topological polar surface area (TPSA) is 107 Å². The van der Waals surface area contributed by atoms with E-state index in [2.05, 4.69) is 31.3 Å². The minimum absolute atomic E-state index is 0. The molecule has 5 rings (SSSR count). The first kappa shape index (κ1) is 29.8. The van der Waals surface area contributed by atoms with Gasteiger partial charge in [0.25, 0.3) is 11.8 Å². The van der Waals surface area contributed by atoms with E-state index in [0.717, 1.165) is 87.7 Å². The van der Waals surface area contributed by atoms with Gasteiger partial charge in [0.1, 0.15) is 0 Å². The molecule has 0 fully saturated rings. The van der Waals surface area contributed by atoms with Crippen LogP contribution in [-0.4, -0.2) is 49.7 Å². The number of nitrogens with zero attached hydrogens (tertiary/aromatic N) is 2. The summed E-state index contributed by atoms with van der Waals surface area (Å²) in [6.07, 6.45) is 5.79. The highest BCUT2D eigenvalue weighted by Crippen LogP contribution is 2.16. The van der Waals surface area contributed by atoms with E-state index in [1.165, 1.54) is 11.1 Å². The van der Waals surface area contributed by atoms with Crippen molar-refractivity contribution in [3.63, 3.8) is 0 Å². The van der Waals surface area contributed by atoms with Gasteiger partial charge in [0, 0.05) is 61.5 Å². The Labute approximate surface area is 247 Å². The predicted molar refractivity (Wildman–Crippen MR) is 169 cm³/mol. The molecule has 41 heavy (non-hydrogen) atoms. The number of hydrogen-bond donors (Lipinski definition) is 4. The van der Waals surface area contributed by atoms with Crippen molar-refractivity contribution in [2.45, 2.75) is 38.5 Å². The summed E-state index contributed by atoms with van der Waals surface area (Å²) in [6, 6.07) is 22.4. The molecule has 2 heterocycles. The average Bonchev–Trinajstić information content (AvgIpc) is 3.01. The molecule has 2 aliphatic heterocycles. The molecule has 0 spiro atoms. The van der Waals surface area contributed by atoms with Gasteiger partial charge in [0.15, 0.2) is 0 Å². The first-order chi connectivity index (χ1) is 19.6. The lowest BCUT2D eigenvalue weighted by molar-refractivity contribution is 0.101. The van der Waals surface area contributed by atoms with E-state index in [1.807, 2.05) is 48.5 Å². The van der Waals surface area contributed by atoms with Gasteiger partial charge < -0.3 is 21.3 Å². The molecule has 0 atom stereocenters. The van der Waals surface area contributed by atoms with Crippen LogP contribution in [0.3, 0.4) is 0 Å². The number of anilines is 2. The van der Waals surface area contributed by atoms with E-state index < -0.39 is 0 Å². The lowest BCUT2D eigenvalue weighted by atomic mass is 10.1. The summed E-state index contributed by atoms with van der Waals surface area (Å²) in [5.74, 6) is 1.72. The van der Waals surface area contributed by atoms with Crippen LogP contribution in [0.1, 0.15) is 57.5 Å². The monoisotopic (exact) mass is 572 g/mol. The molecule has 0 saturated carbocycles. The van der Waals surface area contributed by atoms with Crippen molar-refractivity contribution in [2.24, 2.45) is 9.98 Å². The number of benzene rings is 3. The number of hydrogen-bond acceptors (Lipinski definition) is 6. The SMILES string of the molecule is Cl.O=C(Nc1ccc(CCC2=NCCCN2)cc1)c1ccc(C(=O)Nc2ccc(CCC3=NCCCN3)cc2)cc1. The zero-order chi connectivity index (χ0) is 27.6. The van der Waals surface area contributed by atoms with Gasteiger partial charge in [0.05, 0.1) is 11.7 Å². The number of aryl methyl sites for hydroxylation is 2. The van der Waals surface area contributed by atoms with Gasteiger partial charge in [-0.2, -0.15) is 0 Å². The Morgan fingerprint density at radius 3 is 1.32 bits per heavy atom. The molecule has 0 saturated heterocycles. The molecule has 3 aromatic carbocycles. The zero-order valence-corrected chi connectivity index (χ0v) is 23.9. The maximum atomic E-state index is 12.7. The zero-order valence-electron chi connectivity index (χ0n) is 23.1. The second kappa shape index (κ2) is 15.0. The van der Waals surface area contributed by atoms with Crippen LogP contribution in [0.15, 0.2) is 82.8 Å². The number of halogens is 1. The van der Waals surface area contributed by atoms with E-state index in [1.54, 1.807) is 24.3 Å².